The van der Waals surface area contributed by atoms with Crippen LogP contribution in [0.25, 0.3) is 0 Å². The van der Waals surface area contributed by atoms with Gasteiger partial charge in [0.05, 0.1) is 5.57 Å². The molecule has 1 aliphatic carbocycles. The first-order chi connectivity index (χ1) is 10.0. The van der Waals surface area contributed by atoms with E-state index in [1.54, 1.807) is 31.2 Å². The fraction of sp³-hybridized carbons (Fsp3) is 0.118. The summed E-state index contributed by atoms with van der Waals surface area (Å²) in [5, 5.41) is 0. The van der Waals surface area contributed by atoms with E-state index >= 15 is 0 Å². The number of ketones is 2. The number of hydrogen-bond acceptors (Lipinski definition) is 4. The topological polar surface area (TPSA) is 60.4 Å². The molecule has 1 aromatic rings. The van der Waals surface area contributed by atoms with Gasteiger partial charge < -0.3 is 4.74 Å². The van der Waals surface area contributed by atoms with Gasteiger partial charge in [0.1, 0.15) is 12.4 Å². The molecule has 1 aliphatic rings. The summed E-state index contributed by atoms with van der Waals surface area (Å²) in [6.45, 7) is 8.78. The highest BCUT2D eigenvalue weighted by Gasteiger charge is 2.35. The van der Waals surface area contributed by atoms with E-state index in [0.717, 1.165) is 0 Å². The molecule has 0 aromatic heterocycles. The van der Waals surface area contributed by atoms with Crippen LogP contribution in [0.15, 0.2) is 60.4 Å². The van der Waals surface area contributed by atoms with E-state index in [2.05, 4.69) is 13.2 Å². The van der Waals surface area contributed by atoms with Crippen molar-refractivity contribution >= 4 is 17.9 Å². The summed E-state index contributed by atoms with van der Waals surface area (Å²) in [5.74, 6) is -1.02. The molecular formula is C17H14O4. The van der Waals surface area contributed by atoms with Crippen LogP contribution < -0.4 is 0 Å². The molecule has 0 saturated heterocycles. The van der Waals surface area contributed by atoms with Crippen LogP contribution in [-0.2, 0) is 9.53 Å². The first-order valence-electron chi connectivity index (χ1n) is 6.37. The fourth-order valence-electron chi connectivity index (χ4n) is 2.05. The Balaban J connectivity index is 2.65. The van der Waals surface area contributed by atoms with Crippen LogP contribution in [0, 0.1) is 0 Å². The van der Waals surface area contributed by atoms with Gasteiger partial charge in [-0.3, -0.25) is 14.4 Å². The molecule has 0 N–H and O–H groups in total. The molecule has 0 heterocycles. The molecule has 1 aromatic carbocycles. The number of rotatable bonds is 5. The molecule has 2 rings (SSSR count). The number of allylic oxidation sites excluding steroid dienone is 3. The lowest BCUT2D eigenvalue weighted by Gasteiger charge is -2.22. The van der Waals surface area contributed by atoms with Crippen molar-refractivity contribution < 1.29 is 19.1 Å². The van der Waals surface area contributed by atoms with Crippen molar-refractivity contribution in [3.8, 4) is 0 Å². The van der Waals surface area contributed by atoms with Gasteiger partial charge in [-0.2, -0.15) is 0 Å². The summed E-state index contributed by atoms with van der Waals surface area (Å²) in [4.78, 5) is 36.0. The Morgan fingerprint density at radius 1 is 1.19 bits per heavy atom. The number of aldehydes is 1. The summed E-state index contributed by atoms with van der Waals surface area (Å²) in [7, 11) is 0. The molecule has 0 saturated carbocycles. The van der Waals surface area contributed by atoms with E-state index in [0.29, 0.717) is 6.29 Å². The SMILES string of the molecule is C=CC(C)OC1=C(C(=C)C=O)C(=O)c2ccccc2C1=O. The van der Waals surface area contributed by atoms with Crippen molar-refractivity contribution in [2.45, 2.75) is 13.0 Å². The summed E-state index contributed by atoms with van der Waals surface area (Å²) >= 11 is 0. The van der Waals surface area contributed by atoms with Gasteiger partial charge in [-0.05, 0) is 6.92 Å². The number of carbonyl (C=O) groups excluding carboxylic acids is 3. The lowest BCUT2D eigenvalue weighted by Crippen LogP contribution is -2.26. The molecule has 1 atom stereocenters. The van der Waals surface area contributed by atoms with Gasteiger partial charge in [0.2, 0.25) is 5.78 Å². The molecule has 4 heteroatoms. The smallest absolute Gasteiger partial charge is 0.229 e. The molecule has 0 spiro atoms. The normalized spacial score (nSPS) is 15.3. The summed E-state index contributed by atoms with van der Waals surface area (Å²) in [6.07, 6.45) is 1.46. The van der Waals surface area contributed by atoms with Crippen LogP contribution in [0.1, 0.15) is 27.6 Å². The molecular weight excluding hydrogens is 268 g/mol. The monoisotopic (exact) mass is 282 g/mol. The third-order valence-electron chi connectivity index (χ3n) is 3.18. The van der Waals surface area contributed by atoms with Gasteiger partial charge in [0.25, 0.3) is 0 Å². The van der Waals surface area contributed by atoms with Crippen molar-refractivity contribution in [3.63, 3.8) is 0 Å². The number of carbonyl (C=O) groups is 3. The van der Waals surface area contributed by atoms with E-state index in [-0.39, 0.29) is 28.0 Å². The summed E-state index contributed by atoms with van der Waals surface area (Å²) < 4.78 is 5.49. The lowest BCUT2D eigenvalue weighted by atomic mass is 9.85. The second-order valence-corrected chi connectivity index (χ2v) is 4.61. The molecule has 0 amide bonds. The van der Waals surface area contributed by atoms with E-state index in [1.807, 2.05) is 0 Å². The van der Waals surface area contributed by atoms with Gasteiger partial charge >= 0.3 is 0 Å². The van der Waals surface area contributed by atoms with Crippen molar-refractivity contribution in [2.24, 2.45) is 0 Å². The molecule has 4 nitrogen and oxygen atoms in total. The average molecular weight is 282 g/mol. The Labute approximate surface area is 122 Å². The van der Waals surface area contributed by atoms with Crippen molar-refractivity contribution in [2.75, 3.05) is 0 Å². The molecule has 0 radical (unpaired) electrons. The molecule has 0 fully saturated rings. The third-order valence-corrected chi connectivity index (χ3v) is 3.18. The van der Waals surface area contributed by atoms with Crippen LogP contribution >= 0.6 is 0 Å². The van der Waals surface area contributed by atoms with E-state index in [4.69, 9.17) is 4.74 Å². The van der Waals surface area contributed by atoms with Crippen LogP contribution in [0.4, 0.5) is 0 Å². The minimum absolute atomic E-state index is 0.0749. The lowest BCUT2D eigenvalue weighted by molar-refractivity contribution is -0.104. The molecule has 106 valence electrons. The highest BCUT2D eigenvalue weighted by Crippen LogP contribution is 2.30. The Morgan fingerprint density at radius 2 is 1.76 bits per heavy atom. The van der Waals surface area contributed by atoms with E-state index in [9.17, 15) is 14.4 Å². The summed E-state index contributed by atoms with van der Waals surface area (Å²) in [5.41, 5.74) is 0.354. The Hall–Kier alpha value is -2.75. The number of benzene rings is 1. The molecule has 0 bridgehead atoms. The predicted octanol–water partition coefficient (Wildman–Crippen LogP) is 2.67. The number of Topliss-reactive ketones (excluding diaryl/α,β-unsaturated/α-hetero) is 2. The van der Waals surface area contributed by atoms with Crippen molar-refractivity contribution in [3.05, 3.63) is 71.5 Å². The van der Waals surface area contributed by atoms with Gasteiger partial charge in [0, 0.05) is 16.7 Å². The van der Waals surface area contributed by atoms with E-state index in [1.165, 1.54) is 6.08 Å². The largest absolute Gasteiger partial charge is 0.482 e. The van der Waals surface area contributed by atoms with E-state index < -0.39 is 17.7 Å². The Morgan fingerprint density at radius 3 is 2.29 bits per heavy atom. The second-order valence-electron chi connectivity index (χ2n) is 4.61. The minimum Gasteiger partial charge on any atom is -0.482 e. The first-order valence-corrected chi connectivity index (χ1v) is 6.37. The maximum Gasteiger partial charge on any atom is 0.229 e. The first kappa shape index (κ1) is 14.7. The zero-order chi connectivity index (χ0) is 15.6. The van der Waals surface area contributed by atoms with Crippen LogP contribution in [0.2, 0.25) is 0 Å². The zero-order valence-electron chi connectivity index (χ0n) is 11.6. The minimum atomic E-state index is -0.475. The van der Waals surface area contributed by atoms with Crippen molar-refractivity contribution in [1.29, 1.82) is 0 Å². The van der Waals surface area contributed by atoms with Gasteiger partial charge in [-0.1, -0.05) is 43.5 Å². The second kappa shape index (κ2) is 5.71. The Bertz CT molecular complexity index is 694. The maximum absolute atomic E-state index is 12.5. The van der Waals surface area contributed by atoms with Crippen molar-refractivity contribution in [1.82, 2.24) is 0 Å². The van der Waals surface area contributed by atoms with Crippen LogP contribution in [-0.4, -0.2) is 24.0 Å². The predicted molar refractivity (Wildman–Crippen MR) is 78.1 cm³/mol. The maximum atomic E-state index is 12.5. The fourth-order valence-corrected chi connectivity index (χ4v) is 2.05. The zero-order valence-corrected chi connectivity index (χ0v) is 11.6. The molecule has 21 heavy (non-hydrogen) atoms. The van der Waals surface area contributed by atoms with Crippen LogP contribution in [0.5, 0.6) is 0 Å². The highest BCUT2D eigenvalue weighted by atomic mass is 16.5. The average Bonchev–Trinajstić information content (AvgIpc) is 2.51. The number of fused-ring (bicyclic) bond motifs is 1. The number of hydrogen-bond donors (Lipinski definition) is 0. The van der Waals surface area contributed by atoms with Gasteiger partial charge in [-0.15, -0.1) is 0 Å². The highest BCUT2D eigenvalue weighted by molar-refractivity contribution is 6.29. The Kier molecular flexibility index (Phi) is 3.98. The van der Waals surface area contributed by atoms with Gasteiger partial charge in [-0.25, -0.2) is 0 Å². The van der Waals surface area contributed by atoms with Crippen LogP contribution in [0.3, 0.4) is 0 Å². The quantitative estimate of drug-likeness (QED) is 0.473. The third kappa shape index (κ3) is 2.48. The standard InChI is InChI=1S/C17H14O4/c1-4-11(3)21-17-14(10(2)9-18)15(19)12-7-5-6-8-13(12)16(17)20/h4-9,11H,1-2H2,3H3. The molecule has 1 unspecified atom stereocenters. The molecule has 0 aliphatic heterocycles. The summed E-state index contributed by atoms with van der Waals surface area (Å²) in [6, 6.07) is 6.42. The number of ether oxygens (including phenoxy) is 1. The van der Waals surface area contributed by atoms with Gasteiger partial charge in [0.15, 0.2) is 11.5 Å².